The van der Waals surface area contributed by atoms with Gasteiger partial charge < -0.3 is 9.88 Å². The summed E-state index contributed by atoms with van der Waals surface area (Å²) in [6.07, 6.45) is 9.91. The third kappa shape index (κ3) is 20.2. The van der Waals surface area contributed by atoms with Gasteiger partial charge >= 0.3 is 0 Å². The van der Waals surface area contributed by atoms with E-state index >= 15 is 0 Å². The van der Waals surface area contributed by atoms with Crippen LogP contribution in [-0.4, -0.2) is 96.5 Å². The van der Waals surface area contributed by atoms with Gasteiger partial charge in [-0.3, -0.25) is 42.1 Å². The molecule has 1 aliphatic heterocycles. The molecule has 1 fully saturated rings. The zero-order valence-corrected chi connectivity index (χ0v) is 56.4. The first kappa shape index (κ1) is 69.8. The van der Waals surface area contributed by atoms with Crippen LogP contribution in [0.3, 0.4) is 0 Å². The van der Waals surface area contributed by atoms with E-state index in [4.69, 9.17) is 12.2 Å². The normalized spacial score (nSPS) is 12.4. The van der Waals surface area contributed by atoms with Crippen LogP contribution in [0.25, 0.3) is 40.9 Å². The third-order valence-electron chi connectivity index (χ3n) is 13.6. The Labute approximate surface area is 575 Å². The first-order valence-electron chi connectivity index (χ1n) is 29.7. The molecular weight excluding hydrogens is 1310 g/mol. The van der Waals surface area contributed by atoms with Crippen molar-refractivity contribution < 1.29 is 8.78 Å². The number of anilines is 4. The van der Waals surface area contributed by atoms with E-state index in [1.807, 2.05) is 155 Å². The van der Waals surface area contributed by atoms with Gasteiger partial charge in [0.05, 0.1) is 80.8 Å². The van der Waals surface area contributed by atoms with Gasteiger partial charge in [0.1, 0.15) is 17.3 Å². The summed E-state index contributed by atoms with van der Waals surface area (Å²) in [7, 11) is 0. The van der Waals surface area contributed by atoms with Crippen molar-refractivity contribution >= 4 is 153 Å². The Hall–Kier alpha value is -10.6. The van der Waals surface area contributed by atoms with Gasteiger partial charge in [-0.05, 0) is 149 Å². The number of hydrogen-bond donors (Lipinski definition) is 6. The van der Waals surface area contributed by atoms with E-state index in [2.05, 4.69) is 122 Å². The Morgan fingerprint density at radius 1 is 0.469 bits per heavy atom. The van der Waals surface area contributed by atoms with E-state index < -0.39 is 0 Å². The molecule has 0 atom stereocenters. The molecule has 9 heterocycles. The predicted octanol–water partition coefficient (Wildman–Crippen LogP) is 17.0. The molecular formula is C69H68F2N20S5. The number of thiazole rings is 4. The Morgan fingerprint density at radius 3 is 1.43 bits per heavy atom. The lowest BCUT2D eigenvalue weighted by molar-refractivity contribution is 0.296. The fraction of sp³-hybridized carbons (Fsp3) is 0.159. The molecule has 0 aliphatic carbocycles. The van der Waals surface area contributed by atoms with Gasteiger partial charge in [-0.2, -0.15) is 25.5 Å². The van der Waals surface area contributed by atoms with Crippen LogP contribution in [0.1, 0.15) is 83.9 Å². The van der Waals surface area contributed by atoms with Crippen molar-refractivity contribution in [3.8, 4) is 0 Å². The number of hydrazone groups is 5. The highest BCUT2D eigenvalue weighted by atomic mass is 32.1. The van der Waals surface area contributed by atoms with Crippen molar-refractivity contribution in [1.29, 1.82) is 0 Å². The number of aromatic amines is 1. The Kier molecular flexibility index (Phi) is 25.5. The number of fused-ring (bicyclic) bond motifs is 4. The molecule has 20 nitrogen and oxygen atoms in total. The molecule has 1 aliphatic rings. The second-order valence-electron chi connectivity index (χ2n) is 20.8. The summed E-state index contributed by atoms with van der Waals surface area (Å²) < 4.78 is 30.2. The van der Waals surface area contributed by atoms with Crippen LogP contribution in [0.4, 0.5) is 29.3 Å². The van der Waals surface area contributed by atoms with E-state index in [0.717, 1.165) is 121 Å². The lowest BCUT2D eigenvalue weighted by Gasteiger charge is -2.32. The molecule has 5 aromatic carbocycles. The topological polar surface area (TPSA) is 244 Å². The lowest BCUT2D eigenvalue weighted by atomic mass is 10.1. The third-order valence-corrected chi connectivity index (χ3v) is 17.7. The van der Waals surface area contributed by atoms with Gasteiger partial charge in [0.25, 0.3) is 0 Å². The smallest absolute Gasteiger partial charge is 0.204 e. The van der Waals surface area contributed by atoms with Crippen LogP contribution >= 0.6 is 57.6 Å². The highest BCUT2D eigenvalue weighted by Gasteiger charge is 2.17. The number of halogens is 2. The van der Waals surface area contributed by atoms with E-state index in [1.54, 1.807) is 65.8 Å². The van der Waals surface area contributed by atoms with Gasteiger partial charge in [-0.1, -0.05) is 139 Å². The zero-order valence-electron chi connectivity index (χ0n) is 52.3. The number of thiocarbonyl (C=S) groups is 1. The first-order chi connectivity index (χ1) is 46.3. The second-order valence-corrected chi connectivity index (χ2v) is 25.3. The number of pyridine rings is 3. The summed E-state index contributed by atoms with van der Waals surface area (Å²) in [4.78, 5) is 39.6. The second kappa shape index (κ2) is 35.1. The number of H-pyrrole nitrogens is 1. The number of aromatic nitrogens is 9. The van der Waals surface area contributed by atoms with Gasteiger partial charge in [0.15, 0.2) is 10.9 Å². The largest absolute Gasteiger partial charge is 0.348 e. The van der Waals surface area contributed by atoms with E-state index in [9.17, 15) is 8.78 Å². The average molecular weight is 1380 g/mol. The molecule has 8 aromatic heterocycles. The van der Waals surface area contributed by atoms with E-state index in [0.29, 0.717) is 15.8 Å². The van der Waals surface area contributed by atoms with Gasteiger partial charge in [0, 0.05) is 50.1 Å². The van der Waals surface area contributed by atoms with Crippen molar-refractivity contribution in [3.05, 3.63) is 241 Å². The number of imidazole rings is 1. The van der Waals surface area contributed by atoms with Crippen molar-refractivity contribution in [3.63, 3.8) is 0 Å². The molecule has 14 rings (SSSR count). The van der Waals surface area contributed by atoms with Crippen LogP contribution in [0.5, 0.6) is 0 Å². The number of nitrogens with zero attached hydrogens (tertiary/aromatic N) is 14. The maximum atomic E-state index is 13.1. The van der Waals surface area contributed by atoms with Crippen LogP contribution in [0.2, 0.25) is 0 Å². The summed E-state index contributed by atoms with van der Waals surface area (Å²) in [6, 6.07) is 52.3. The number of hydrogen-bond acceptors (Lipinski definition) is 22. The molecule has 0 amide bonds. The number of benzene rings is 5. The summed E-state index contributed by atoms with van der Waals surface area (Å²) in [5, 5.41) is 25.1. The molecule has 0 unspecified atom stereocenters. The summed E-state index contributed by atoms with van der Waals surface area (Å²) >= 11 is 11.2. The van der Waals surface area contributed by atoms with Gasteiger partial charge in [-0.25, -0.2) is 33.7 Å². The van der Waals surface area contributed by atoms with E-state index in [1.165, 1.54) is 53.4 Å². The lowest BCUT2D eigenvalue weighted by Crippen LogP contribution is -2.46. The van der Waals surface area contributed by atoms with Crippen LogP contribution in [-0.2, 0) is 0 Å². The highest BCUT2D eigenvalue weighted by molar-refractivity contribution is 7.80. The summed E-state index contributed by atoms with van der Waals surface area (Å²) in [6.45, 7) is 13.9. The minimum atomic E-state index is -0.289. The average Bonchev–Trinajstić information content (AvgIpc) is 1.76. The quantitative estimate of drug-likeness (QED) is 0.0318. The highest BCUT2D eigenvalue weighted by Crippen LogP contribution is 2.29. The molecule has 488 valence electrons. The molecule has 6 N–H and O–H groups in total. The molecule has 0 saturated carbocycles. The number of likely N-dealkylation sites (tertiary alicyclic amines) is 1. The van der Waals surface area contributed by atoms with Crippen molar-refractivity contribution in [2.24, 2.45) is 31.4 Å². The molecule has 13 aromatic rings. The minimum Gasteiger partial charge on any atom is -0.348 e. The SMILES string of the molecule is C.C/C(=N\NC(=S)N1CCC1)c1ccccc1.C/C(=N\Nc1nc2cc(F)ccc2s1)c1ccccn1.C/C(=N\Nc1nc2ccc(F)cc2s1)c1ccccn1.C/C(=N\Nc1nc2ccccc2s1)c1ncc[nH]1.CC(C)/C(=N\Nc1nc2ccccc2s1)c1ccccn1. The van der Waals surface area contributed by atoms with Gasteiger partial charge in [0.2, 0.25) is 20.5 Å². The maximum absolute atomic E-state index is 13.1. The van der Waals surface area contributed by atoms with Crippen LogP contribution in [0, 0.1) is 17.6 Å². The van der Waals surface area contributed by atoms with Crippen molar-refractivity contribution in [2.45, 2.75) is 55.4 Å². The Balaban J connectivity index is 0.000000141. The first-order valence-corrected chi connectivity index (χ1v) is 33.4. The van der Waals surface area contributed by atoms with Crippen LogP contribution in [0.15, 0.2) is 226 Å². The molecule has 27 heteroatoms. The van der Waals surface area contributed by atoms with Crippen molar-refractivity contribution in [2.75, 3.05) is 34.8 Å². The Bertz CT molecular complexity index is 4560. The van der Waals surface area contributed by atoms with E-state index in [-0.39, 0.29) is 25.0 Å². The minimum absolute atomic E-state index is 0. The fourth-order valence-corrected chi connectivity index (χ4v) is 12.0. The molecule has 0 bridgehead atoms. The summed E-state index contributed by atoms with van der Waals surface area (Å²) in [5.74, 6) is 0.480. The predicted molar refractivity (Wildman–Crippen MR) is 400 cm³/mol. The summed E-state index contributed by atoms with van der Waals surface area (Å²) in [5.41, 5.74) is 25.9. The monoisotopic (exact) mass is 1370 g/mol. The fourth-order valence-electron chi connectivity index (χ4n) is 8.48. The maximum Gasteiger partial charge on any atom is 0.204 e. The Morgan fingerprint density at radius 2 is 0.927 bits per heavy atom. The number of para-hydroxylation sites is 2. The van der Waals surface area contributed by atoms with Crippen LogP contribution < -0.4 is 27.1 Å². The van der Waals surface area contributed by atoms with Crippen molar-refractivity contribution in [1.82, 2.24) is 55.2 Å². The molecule has 96 heavy (non-hydrogen) atoms. The van der Waals surface area contributed by atoms with Gasteiger partial charge in [-0.15, -0.1) is 0 Å². The molecule has 1 saturated heterocycles. The zero-order chi connectivity index (χ0) is 66.3. The molecule has 0 spiro atoms. The number of rotatable bonds is 15. The molecule has 0 radical (unpaired) electrons. The number of nitrogens with one attached hydrogen (secondary N) is 6. The standard InChI is InChI=1S/C16H16N4S.2C14H11FN4S.C12H11N5S.C12H15N3S.CH4/c1-11(2)15(13-8-5-6-10-17-13)19-20-16-18-12-7-3-4-9-14(12)21-16;1-9(11-4-2-3-7-16-11)18-19-14-17-12-8-10(15)5-6-13(12)20-14;1-9(11-4-2-3-7-16-11)18-19-14-17-12-6-5-10(15)8-13(12)20-14;1-8(11-13-6-7-14-11)16-17-12-15-9-4-2-3-5-10(9)18-12;1-10(11-6-3-2-4-7-11)13-14-12(16)15-8-5-9-15;/h3-11H,1-2H3,(H,18,20);2*2-8H,1H3,(H,17,19);2-7H,1H3,(H,13,14)(H,15,17);2-4,6-7H,5,8-9H2,1H3,(H,14,16);1H4/b19-15+;2*18-9+;16-8+;13-10+;.